The van der Waals surface area contributed by atoms with Crippen molar-refractivity contribution in [2.45, 2.75) is 24.8 Å². The minimum absolute atomic E-state index is 0.0418. The van der Waals surface area contributed by atoms with Crippen molar-refractivity contribution in [3.63, 3.8) is 0 Å². The molecule has 1 fully saturated rings. The smallest absolute Gasteiger partial charge is 0.245 e. The Balaban J connectivity index is 1.38. The van der Waals surface area contributed by atoms with E-state index in [-0.39, 0.29) is 5.91 Å². The fourth-order valence-electron chi connectivity index (χ4n) is 3.39. The Morgan fingerprint density at radius 2 is 1.85 bits per heavy atom. The number of amides is 1. The van der Waals surface area contributed by atoms with Crippen molar-refractivity contribution in [1.82, 2.24) is 25.5 Å². The number of nitrogens with one attached hydrogen (secondary N) is 1. The molecule has 0 radical (unpaired) electrons. The van der Waals surface area contributed by atoms with E-state index in [1.165, 1.54) is 16.6 Å². The summed E-state index contributed by atoms with van der Waals surface area (Å²) in [6.07, 6.45) is 3.18. The van der Waals surface area contributed by atoms with Crippen molar-refractivity contribution in [2.24, 2.45) is 5.92 Å². The molecule has 0 aliphatic heterocycles. The zero-order valence-corrected chi connectivity index (χ0v) is 14.4. The first-order chi connectivity index (χ1) is 12.8. The molecule has 4 rings (SSSR count). The second-order valence-corrected chi connectivity index (χ2v) is 6.75. The van der Waals surface area contributed by atoms with Gasteiger partial charge in [0.15, 0.2) is 0 Å². The van der Waals surface area contributed by atoms with Gasteiger partial charge in [-0.15, -0.1) is 5.10 Å². The van der Waals surface area contributed by atoms with Crippen LogP contribution in [0.15, 0.2) is 67.0 Å². The van der Waals surface area contributed by atoms with Crippen LogP contribution in [0.2, 0.25) is 0 Å². The highest BCUT2D eigenvalue weighted by atomic mass is 16.2. The van der Waals surface area contributed by atoms with E-state index >= 15 is 0 Å². The van der Waals surface area contributed by atoms with Gasteiger partial charge in [-0.3, -0.25) is 4.79 Å². The molecule has 6 nitrogen and oxygen atoms in total. The number of carbonyl (C=O) groups excluding carboxylic acids is 1. The van der Waals surface area contributed by atoms with Gasteiger partial charge in [0, 0.05) is 13.0 Å². The van der Waals surface area contributed by atoms with Crippen molar-refractivity contribution in [2.75, 3.05) is 6.54 Å². The maximum Gasteiger partial charge on any atom is 0.245 e. The lowest BCUT2D eigenvalue weighted by Gasteiger charge is -2.16. The Bertz CT molecular complexity index is 835. The minimum atomic E-state index is -0.443. The summed E-state index contributed by atoms with van der Waals surface area (Å²) in [6.45, 7) is 0.686. The van der Waals surface area contributed by atoms with Gasteiger partial charge in [-0.2, -0.15) is 0 Å². The largest absolute Gasteiger partial charge is 0.354 e. The molecule has 1 aliphatic rings. The molecule has 132 valence electrons. The van der Waals surface area contributed by atoms with Crippen LogP contribution in [-0.4, -0.2) is 32.7 Å². The third-order valence-corrected chi connectivity index (χ3v) is 4.95. The van der Waals surface area contributed by atoms with Crippen molar-refractivity contribution in [1.29, 1.82) is 0 Å². The summed E-state index contributed by atoms with van der Waals surface area (Å²) >= 11 is 0. The van der Waals surface area contributed by atoms with Gasteiger partial charge in [0.25, 0.3) is 0 Å². The molecule has 1 amide bonds. The molecule has 0 bridgehead atoms. The van der Waals surface area contributed by atoms with Crippen LogP contribution in [-0.2, 0) is 11.2 Å². The van der Waals surface area contributed by atoms with Crippen LogP contribution in [0.3, 0.4) is 0 Å². The van der Waals surface area contributed by atoms with Crippen LogP contribution in [0.4, 0.5) is 0 Å². The number of benzene rings is 2. The third-order valence-electron chi connectivity index (χ3n) is 4.95. The summed E-state index contributed by atoms with van der Waals surface area (Å²) in [6, 6.07) is 20.0. The number of hydrogen-bond donors (Lipinski definition) is 1. The summed E-state index contributed by atoms with van der Waals surface area (Å²) in [5.41, 5.74) is 2.43. The molecule has 1 saturated carbocycles. The predicted octanol–water partition coefficient (Wildman–Crippen LogP) is 2.38. The first kappa shape index (κ1) is 16.4. The average Bonchev–Trinajstić information content (AvgIpc) is 3.27. The molecule has 1 aliphatic carbocycles. The van der Waals surface area contributed by atoms with Crippen LogP contribution in [0.1, 0.15) is 29.5 Å². The van der Waals surface area contributed by atoms with Crippen LogP contribution in [0.25, 0.3) is 0 Å². The van der Waals surface area contributed by atoms with E-state index in [4.69, 9.17) is 0 Å². The highest BCUT2D eigenvalue weighted by molar-refractivity contribution is 5.80. The fourth-order valence-corrected chi connectivity index (χ4v) is 3.39. The zero-order chi connectivity index (χ0) is 17.8. The highest BCUT2D eigenvalue weighted by Crippen LogP contribution is 2.46. The second kappa shape index (κ2) is 7.47. The van der Waals surface area contributed by atoms with E-state index in [1.54, 1.807) is 0 Å². The Hall–Kier alpha value is -3.02. The van der Waals surface area contributed by atoms with E-state index in [2.05, 4.69) is 45.1 Å². The predicted molar refractivity (Wildman–Crippen MR) is 97.3 cm³/mol. The number of rotatable bonds is 7. The summed E-state index contributed by atoms with van der Waals surface area (Å²) in [4.78, 5) is 12.8. The van der Waals surface area contributed by atoms with Gasteiger partial charge >= 0.3 is 0 Å². The number of nitrogens with zero attached hydrogens (tertiary/aromatic N) is 4. The molecule has 0 spiro atoms. The number of aromatic nitrogens is 4. The van der Waals surface area contributed by atoms with E-state index < -0.39 is 6.04 Å². The van der Waals surface area contributed by atoms with E-state index in [9.17, 15) is 4.79 Å². The van der Waals surface area contributed by atoms with Crippen LogP contribution in [0.5, 0.6) is 0 Å². The molecule has 1 aromatic heterocycles. The van der Waals surface area contributed by atoms with Gasteiger partial charge in [-0.25, -0.2) is 4.68 Å². The van der Waals surface area contributed by atoms with Crippen molar-refractivity contribution >= 4 is 5.91 Å². The quantitative estimate of drug-likeness (QED) is 0.712. The summed E-state index contributed by atoms with van der Waals surface area (Å²) in [5, 5.41) is 14.4. The highest BCUT2D eigenvalue weighted by Gasteiger charge is 2.38. The average molecular weight is 347 g/mol. The van der Waals surface area contributed by atoms with Gasteiger partial charge in [0.1, 0.15) is 12.4 Å². The molecule has 0 unspecified atom stereocenters. The molecule has 26 heavy (non-hydrogen) atoms. The normalized spacial score (nSPS) is 19.7. The summed E-state index contributed by atoms with van der Waals surface area (Å²) < 4.78 is 1.53. The summed E-state index contributed by atoms with van der Waals surface area (Å²) in [7, 11) is 0. The topological polar surface area (TPSA) is 72.7 Å². The molecule has 0 saturated heterocycles. The molecule has 1 heterocycles. The van der Waals surface area contributed by atoms with E-state index in [1.807, 2.05) is 36.4 Å². The maximum absolute atomic E-state index is 12.8. The maximum atomic E-state index is 12.8. The Morgan fingerprint density at radius 1 is 1.12 bits per heavy atom. The molecule has 2 aromatic carbocycles. The number of tetrazole rings is 1. The standard InChI is InChI=1S/C20H21N5O/c26-20(21-13-17-12-18(17)16-9-5-2-6-10-16)19(25-14-22-23-24-25)11-15-7-3-1-4-8-15/h1-10,14,17-19H,11-13H2,(H,21,26)/t17-,18+,19-/m0/s1. The van der Waals surface area contributed by atoms with E-state index in [0.29, 0.717) is 24.8 Å². The SMILES string of the molecule is O=C(NC[C@@H]1C[C@@H]1c1ccccc1)[C@H](Cc1ccccc1)n1cnnn1. The monoisotopic (exact) mass is 347 g/mol. The number of carbonyl (C=O) groups is 1. The van der Waals surface area contributed by atoms with Crippen LogP contribution >= 0.6 is 0 Å². The van der Waals surface area contributed by atoms with Crippen molar-refractivity contribution in [3.05, 3.63) is 78.1 Å². The number of hydrogen-bond acceptors (Lipinski definition) is 4. The first-order valence-corrected chi connectivity index (χ1v) is 8.90. The Kier molecular flexibility index (Phi) is 4.73. The first-order valence-electron chi connectivity index (χ1n) is 8.90. The molecular weight excluding hydrogens is 326 g/mol. The minimum Gasteiger partial charge on any atom is -0.354 e. The van der Waals surface area contributed by atoms with Crippen LogP contribution < -0.4 is 5.32 Å². The lowest BCUT2D eigenvalue weighted by atomic mass is 10.1. The zero-order valence-electron chi connectivity index (χ0n) is 14.4. The van der Waals surface area contributed by atoms with Gasteiger partial charge in [0.2, 0.25) is 5.91 Å². The van der Waals surface area contributed by atoms with Crippen LogP contribution in [0, 0.1) is 5.92 Å². The fraction of sp³-hybridized carbons (Fsp3) is 0.300. The van der Waals surface area contributed by atoms with Gasteiger partial charge in [-0.1, -0.05) is 60.7 Å². The van der Waals surface area contributed by atoms with Gasteiger partial charge < -0.3 is 5.32 Å². The molecule has 6 heteroatoms. The molecule has 1 N–H and O–H groups in total. The summed E-state index contributed by atoms with van der Waals surface area (Å²) in [5.74, 6) is 1.02. The van der Waals surface area contributed by atoms with E-state index in [0.717, 1.165) is 12.0 Å². The lowest BCUT2D eigenvalue weighted by Crippen LogP contribution is -2.35. The Labute approximate surface area is 152 Å². The lowest BCUT2D eigenvalue weighted by molar-refractivity contribution is -0.124. The second-order valence-electron chi connectivity index (χ2n) is 6.75. The Morgan fingerprint density at radius 3 is 2.54 bits per heavy atom. The molecular formula is C20H21N5O. The van der Waals surface area contributed by atoms with Gasteiger partial charge in [-0.05, 0) is 39.8 Å². The van der Waals surface area contributed by atoms with Crippen molar-refractivity contribution < 1.29 is 4.79 Å². The third kappa shape index (κ3) is 3.79. The molecule has 3 aromatic rings. The van der Waals surface area contributed by atoms with Gasteiger partial charge in [0.05, 0.1) is 0 Å². The van der Waals surface area contributed by atoms with Crippen molar-refractivity contribution in [3.8, 4) is 0 Å². The molecule has 3 atom stereocenters.